The number of aryl methyl sites for hydroxylation is 1. The largest absolute Gasteiger partial charge is 0.366 e. The molecule has 1 aliphatic rings. The second-order valence-electron chi connectivity index (χ2n) is 6.69. The first-order valence-corrected chi connectivity index (χ1v) is 9.10. The molecule has 1 N–H and O–H groups in total. The lowest BCUT2D eigenvalue weighted by Crippen LogP contribution is -2.43. The van der Waals surface area contributed by atoms with Gasteiger partial charge in [-0.15, -0.1) is 0 Å². The summed E-state index contributed by atoms with van der Waals surface area (Å²) in [5.74, 6) is 0.706. The second-order valence-corrected chi connectivity index (χ2v) is 6.69. The van der Waals surface area contributed by atoms with Crippen LogP contribution in [0.4, 0.5) is 5.82 Å². The van der Waals surface area contributed by atoms with E-state index >= 15 is 0 Å². The Bertz CT molecular complexity index is 731. The zero-order valence-corrected chi connectivity index (χ0v) is 15.0. The van der Waals surface area contributed by atoms with E-state index in [1.807, 2.05) is 11.0 Å². The van der Waals surface area contributed by atoms with Crippen molar-refractivity contribution in [3.63, 3.8) is 0 Å². The van der Waals surface area contributed by atoms with E-state index in [1.165, 1.54) is 23.9 Å². The molecule has 1 unspecified atom stereocenters. The van der Waals surface area contributed by atoms with Crippen LogP contribution in [-0.4, -0.2) is 33.4 Å². The van der Waals surface area contributed by atoms with Crippen molar-refractivity contribution in [1.29, 1.82) is 0 Å². The molecule has 0 saturated carbocycles. The first-order valence-electron chi connectivity index (χ1n) is 9.10. The highest BCUT2D eigenvalue weighted by Crippen LogP contribution is 2.21. The third-order valence-corrected chi connectivity index (χ3v) is 4.80. The van der Waals surface area contributed by atoms with Gasteiger partial charge in [0.1, 0.15) is 17.8 Å². The van der Waals surface area contributed by atoms with Crippen LogP contribution in [0.5, 0.6) is 0 Å². The molecule has 3 rings (SSSR count). The van der Waals surface area contributed by atoms with Crippen LogP contribution >= 0.6 is 0 Å². The maximum absolute atomic E-state index is 12.8. The monoisotopic (exact) mass is 338 g/mol. The minimum Gasteiger partial charge on any atom is -0.366 e. The van der Waals surface area contributed by atoms with Gasteiger partial charge >= 0.3 is 0 Å². The Morgan fingerprint density at radius 3 is 2.96 bits per heavy atom. The minimum atomic E-state index is 0.0209. The van der Waals surface area contributed by atoms with Gasteiger partial charge in [0.05, 0.1) is 0 Å². The molecule has 1 amide bonds. The van der Waals surface area contributed by atoms with E-state index in [9.17, 15) is 4.79 Å². The van der Waals surface area contributed by atoms with Gasteiger partial charge in [0.25, 0.3) is 5.91 Å². The lowest BCUT2D eigenvalue weighted by molar-refractivity contribution is 0.0602. The van der Waals surface area contributed by atoms with E-state index in [2.05, 4.69) is 47.3 Å². The zero-order chi connectivity index (χ0) is 17.6. The second kappa shape index (κ2) is 8.10. The number of hydrogen-bond acceptors (Lipinski definition) is 4. The van der Waals surface area contributed by atoms with Gasteiger partial charge in [-0.05, 0) is 38.2 Å². The quantitative estimate of drug-likeness (QED) is 0.901. The van der Waals surface area contributed by atoms with Gasteiger partial charge in [-0.2, -0.15) is 0 Å². The van der Waals surface area contributed by atoms with E-state index in [0.29, 0.717) is 24.1 Å². The minimum absolute atomic E-state index is 0.0209. The summed E-state index contributed by atoms with van der Waals surface area (Å²) in [6, 6.07) is 10.4. The number of likely N-dealkylation sites (tertiary alicyclic amines) is 1. The first kappa shape index (κ1) is 17.4. The number of nitrogens with one attached hydrogen (secondary N) is 1. The lowest BCUT2D eigenvalue weighted by Gasteiger charge is -2.35. The lowest BCUT2D eigenvalue weighted by atomic mass is 9.99. The molecule has 1 aromatic heterocycles. The smallest absolute Gasteiger partial charge is 0.272 e. The molecule has 1 fully saturated rings. The molecule has 132 valence electrons. The summed E-state index contributed by atoms with van der Waals surface area (Å²) in [7, 11) is 0. The van der Waals surface area contributed by atoms with Crippen LogP contribution in [0.2, 0.25) is 0 Å². The SMILES string of the molecule is CCC1CCCCN1C(=O)c1cc(NCc2cccc(C)c2)ncn1. The Balaban J connectivity index is 1.69. The molecular formula is C20H26N4O. The van der Waals surface area contributed by atoms with E-state index < -0.39 is 0 Å². The summed E-state index contributed by atoms with van der Waals surface area (Å²) in [5, 5.41) is 3.29. The maximum Gasteiger partial charge on any atom is 0.272 e. The number of carbonyl (C=O) groups excluding carboxylic acids is 1. The van der Waals surface area contributed by atoms with Gasteiger partial charge in [0, 0.05) is 25.2 Å². The van der Waals surface area contributed by atoms with E-state index in [1.54, 1.807) is 6.07 Å². The van der Waals surface area contributed by atoms with Crippen molar-refractivity contribution in [3.05, 3.63) is 53.5 Å². The summed E-state index contributed by atoms with van der Waals surface area (Å²) in [4.78, 5) is 23.3. The Labute approximate surface area is 149 Å². The van der Waals surface area contributed by atoms with Crippen LogP contribution in [0.25, 0.3) is 0 Å². The number of amides is 1. The molecule has 2 heterocycles. The van der Waals surface area contributed by atoms with Crippen molar-refractivity contribution < 1.29 is 4.79 Å². The van der Waals surface area contributed by atoms with Gasteiger partial charge in [-0.1, -0.05) is 36.8 Å². The molecule has 1 saturated heterocycles. The van der Waals surface area contributed by atoms with Crippen LogP contribution < -0.4 is 5.32 Å². The molecule has 0 aliphatic carbocycles. The number of hydrogen-bond donors (Lipinski definition) is 1. The highest BCUT2D eigenvalue weighted by molar-refractivity contribution is 5.93. The number of benzene rings is 1. The van der Waals surface area contributed by atoms with E-state index in [-0.39, 0.29) is 5.91 Å². The standard InChI is InChI=1S/C20H26N4O/c1-3-17-9-4-5-10-24(17)20(25)18-12-19(23-14-22-18)21-13-16-8-6-7-15(2)11-16/h6-8,11-12,14,17H,3-5,9-10,13H2,1-2H3,(H,21,22,23). The van der Waals surface area contributed by atoms with Gasteiger partial charge in [0.15, 0.2) is 0 Å². The fraction of sp³-hybridized carbons (Fsp3) is 0.450. The highest BCUT2D eigenvalue weighted by atomic mass is 16.2. The Morgan fingerprint density at radius 1 is 1.28 bits per heavy atom. The molecule has 0 spiro atoms. The predicted octanol–water partition coefficient (Wildman–Crippen LogP) is 3.80. The van der Waals surface area contributed by atoms with E-state index in [4.69, 9.17) is 0 Å². The van der Waals surface area contributed by atoms with Crippen LogP contribution in [0.1, 0.15) is 54.2 Å². The van der Waals surface area contributed by atoms with Crippen molar-refractivity contribution in [1.82, 2.24) is 14.9 Å². The zero-order valence-electron chi connectivity index (χ0n) is 15.0. The fourth-order valence-corrected chi connectivity index (χ4v) is 3.43. The first-order chi connectivity index (χ1) is 12.2. The average molecular weight is 338 g/mol. The summed E-state index contributed by atoms with van der Waals surface area (Å²) >= 11 is 0. The van der Waals surface area contributed by atoms with Crippen LogP contribution in [0, 0.1) is 6.92 Å². The molecule has 5 nitrogen and oxygen atoms in total. The molecular weight excluding hydrogens is 312 g/mol. The Kier molecular flexibility index (Phi) is 5.64. The molecule has 0 radical (unpaired) electrons. The summed E-state index contributed by atoms with van der Waals surface area (Å²) < 4.78 is 0. The van der Waals surface area contributed by atoms with Crippen LogP contribution in [0.3, 0.4) is 0 Å². The summed E-state index contributed by atoms with van der Waals surface area (Å²) in [6.45, 7) is 5.72. The van der Waals surface area contributed by atoms with Crippen LogP contribution in [0.15, 0.2) is 36.7 Å². The Morgan fingerprint density at radius 2 is 2.16 bits per heavy atom. The molecule has 25 heavy (non-hydrogen) atoms. The third-order valence-electron chi connectivity index (χ3n) is 4.80. The molecule has 1 atom stereocenters. The van der Waals surface area contributed by atoms with Crippen molar-refractivity contribution >= 4 is 11.7 Å². The highest BCUT2D eigenvalue weighted by Gasteiger charge is 2.27. The molecule has 2 aromatic rings. The molecule has 1 aliphatic heterocycles. The molecule has 5 heteroatoms. The molecule has 1 aromatic carbocycles. The number of nitrogens with zero attached hydrogens (tertiary/aromatic N) is 3. The average Bonchev–Trinajstić information content (AvgIpc) is 2.66. The van der Waals surface area contributed by atoms with Gasteiger partial charge in [-0.3, -0.25) is 4.79 Å². The fourth-order valence-electron chi connectivity index (χ4n) is 3.43. The summed E-state index contributed by atoms with van der Waals surface area (Å²) in [6.07, 6.45) is 5.83. The predicted molar refractivity (Wildman–Crippen MR) is 99.5 cm³/mol. The maximum atomic E-state index is 12.8. The van der Waals surface area contributed by atoms with E-state index in [0.717, 1.165) is 25.8 Å². The van der Waals surface area contributed by atoms with Gasteiger partial charge < -0.3 is 10.2 Å². The van der Waals surface area contributed by atoms with Crippen molar-refractivity contribution in [2.24, 2.45) is 0 Å². The molecule has 0 bridgehead atoms. The topological polar surface area (TPSA) is 58.1 Å². The van der Waals surface area contributed by atoms with Crippen LogP contribution in [-0.2, 0) is 6.54 Å². The van der Waals surface area contributed by atoms with Crippen molar-refractivity contribution in [3.8, 4) is 0 Å². The number of rotatable bonds is 5. The number of anilines is 1. The third kappa shape index (κ3) is 4.35. The number of piperidine rings is 1. The number of carbonyl (C=O) groups is 1. The summed E-state index contributed by atoms with van der Waals surface area (Å²) in [5.41, 5.74) is 2.89. The number of aromatic nitrogens is 2. The van der Waals surface area contributed by atoms with Crippen molar-refractivity contribution in [2.45, 2.75) is 52.1 Å². The van der Waals surface area contributed by atoms with Gasteiger partial charge in [0.2, 0.25) is 0 Å². The Hall–Kier alpha value is -2.43. The van der Waals surface area contributed by atoms with Crippen molar-refractivity contribution in [2.75, 3.05) is 11.9 Å². The normalized spacial score (nSPS) is 17.4. The van der Waals surface area contributed by atoms with Gasteiger partial charge in [-0.25, -0.2) is 9.97 Å².